The summed E-state index contributed by atoms with van der Waals surface area (Å²) in [7, 11) is 0. The molecule has 6 rings (SSSR count). The summed E-state index contributed by atoms with van der Waals surface area (Å²) in [6, 6.07) is 1.21. The third kappa shape index (κ3) is 29.1. The predicted octanol–water partition coefficient (Wildman–Crippen LogP) is -4.35. The van der Waals surface area contributed by atoms with Crippen LogP contribution in [0, 0.1) is 11.8 Å². The van der Waals surface area contributed by atoms with Crippen molar-refractivity contribution in [2.24, 2.45) is 17.6 Å². The lowest BCUT2D eigenvalue weighted by atomic mass is 10.0. The molecule has 42 heteroatoms. The summed E-state index contributed by atoms with van der Waals surface area (Å²) in [6.07, 6.45) is -0.995. The highest BCUT2D eigenvalue weighted by Crippen LogP contribution is 2.25. The van der Waals surface area contributed by atoms with Gasteiger partial charge in [-0.05, 0) is 91.8 Å². The van der Waals surface area contributed by atoms with Gasteiger partial charge < -0.3 is 120 Å². The molecule has 0 spiro atoms. The fourth-order valence-electron chi connectivity index (χ4n) is 12.6. The van der Waals surface area contributed by atoms with Gasteiger partial charge in [0.05, 0.1) is 32.3 Å². The molecule has 3 heterocycles. The van der Waals surface area contributed by atoms with Gasteiger partial charge in [-0.1, -0.05) is 76.2 Å². The van der Waals surface area contributed by atoms with Crippen molar-refractivity contribution in [2.75, 3.05) is 44.3 Å². The zero-order valence-electron chi connectivity index (χ0n) is 65.3. The van der Waals surface area contributed by atoms with E-state index in [2.05, 4.69) is 104 Å². The number of nitrogens with two attached hydrogens (primary N) is 1. The molecule has 1 fully saturated rings. The van der Waals surface area contributed by atoms with Crippen LogP contribution in [-0.4, -0.2) is 269 Å². The van der Waals surface area contributed by atoms with Gasteiger partial charge in [-0.25, -0.2) is 4.79 Å². The molecular weight excluding hydrogens is 1580 g/mol. The van der Waals surface area contributed by atoms with Crippen LogP contribution in [0.3, 0.4) is 0 Å². The number of fused-ring (bicyclic) bond motifs is 2. The third-order valence-corrected chi connectivity index (χ3v) is 19.8. The second kappa shape index (κ2) is 46.2. The molecule has 0 bridgehead atoms. The maximum atomic E-state index is 14.6. The van der Waals surface area contributed by atoms with Gasteiger partial charge in [0.15, 0.2) is 0 Å². The highest BCUT2D eigenvalue weighted by Gasteiger charge is 2.41. The number of likely N-dealkylation sites (tertiary alicyclic amines) is 1. The number of aliphatic hydroxyl groups is 2. The zero-order valence-corrected chi connectivity index (χ0v) is 67.1. The number of phenolic OH excluding ortho intramolecular Hbond substituents is 1. The van der Waals surface area contributed by atoms with E-state index in [1.807, 2.05) is 0 Å². The number of thiol groups is 2. The topological polar surface area (TPSA) is 629 Å². The number of hydrogen-bond acceptors (Lipinski definition) is 23. The minimum atomic E-state index is -1.73. The molecule has 5 aromatic rings. The summed E-state index contributed by atoms with van der Waals surface area (Å²) in [5, 5.41) is 91.8. The monoisotopic (exact) mass is 1690 g/mol. The summed E-state index contributed by atoms with van der Waals surface area (Å²) in [6.45, 7) is 4.15. The quantitative estimate of drug-likeness (QED) is 0.0164. The molecule has 1 aliphatic heterocycles. The van der Waals surface area contributed by atoms with Gasteiger partial charge >= 0.3 is 17.9 Å². The molecule has 3 aromatic carbocycles. The van der Waals surface area contributed by atoms with Crippen molar-refractivity contribution >= 4 is 148 Å². The number of amides is 14. The Hall–Kier alpha value is -11.9. The number of rotatable bonds is 47. The van der Waals surface area contributed by atoms with Crippen molar-refractivity contribution in [3.05, 3.63) is 102 Å². The average Bonchev–Trinajstić information content (AvgIpc) is 1.66. The second-order valence-corrected chi connectivity index (χ2v) is 29.7. The number of aliphatic hydroxyl groups excluding tert-OH is 2. The van der Waals surface area contributed by atoms with Crippen molar-refractivity contribution in [3.8, 4) is 5.75 Å². The molecule has 0 saturated carbocycles. The number of carboxylic acid groups (broad SMARTS) is 3. The minimum Gasteiger partial charge on any atom is -0.508 e. The van der Waals surface area contributed by atoms with Crippen molar-refractivity contribution < 1.29 is 112 Å². The molecule has 2 aromatic heterocycles. The lowest BCUT2D eigenvalue weighted by Gasteiger charge is -2.30. The van der Waals surface area contributed by atoms with Gasteiger partial charge in [-0.2, -0.15) is 25.3 Å². The van der Waals surface area contributed by atoms with E-state index in [1.54, 1.807) is 74.8 Å². The van der Waals surface area contributed by atoms with Crippen LogP contribution in [0.4, 0.5) is 0 Å². The number of para-hydroxylation sites is 2. The minimum absolute atomic E-state index is 0.00474. The smallest absolute Gasteiger partial charge is 0.326 e. The van der Waals surface area contributed by atoms with Crippen LogP contribution in [-0.2, 0) is 101 Å². The number of carboxylic acids is 3. The Morgan fingerprint density at radius 1 is 0.492 bits per heavy atom. The van der Waals surface area contributed by atoms with E-state index in [0.29, 0.717) is 44.9 Å². The van der Waals surface area contributed by atoms with Gasteiger partial charge in [0, 0.05) is 84.4 Å². The average molecular weight is 1690 g/mol. The van der Waals surface area contributed by atoms with Crippen molar-refractivity contribution in [2.45, 2.75) is 177 Å². The van der Waals surface area contributed by atoms with E-state index in [1.165, 1.54) is 49.9 Å². The highest BCUT2D eigenvalue weighted by atomic mass is 32.1. The zero-order chi connectivity index (χ0) is 87.2. The molecule has 0 radical (unpaired) electrons. The fourth-order valence-corrected chi connectivity index (χ4v) is 13.1. The first kappa shape index (κ1) is 95.0. The number of nitrogens with one attached hydrogen (secondary N) is 15. The van der Waals surface area contributed by atoms with Gasteiger partial charge in [0.1, 0.15) is 78.3 Å². The van der Waals surface area contributed by atoms with Crippen LogP contribution in [0.25, 0.3) is 21.8 Å². The summed E-state index contributed by atoms with van der Waals surface area (Å²) in [4.78, 5) is 237. The summed E-state index contributed by atoms with van der Waals surface area (Å²) < 4.78 is 0. The lowest BCUT2D eigenvalue weighted by molar-refractivity contribution is -0.143. The van der Waals surface area contributed by atoms with E-state index in [9.17, 15) is 112 Å². The molecule has 13 atom stereocenters. The Labute approximate surface area is 687 Å². The number of nitrogens with zero attached hydrogens (tertiary/aromatic N) is 1. The molecule has 1 saturated heterocycles. The number of aromatic nitrogens is 2. The molecule has 14 amide bonds. The first-order valence-electron chi connectivity index (χ1n) is 37.9. The Morgan fingerprint density at radius 2 is 0.932 bits per heavy atom. The van der Waals surface area contributed by atoms with Crippen LogP contribution < -0.4 is 74.9 Å². The third-order valence-electron chi connectivity index (χ3n) is 19.0. The number of H-pyrrole nitrogens is 2. The van der Waals surface area contributed by atoms with Crippen LogP contribution in [0.1, 0.15) is 96.3 Å². The highest BCUT2D eigenvalue weighted by molar-refractivity contribution is 7.80. The van der Waals surface area contributed by atoms with Crippen LogP contribution >= 0.6 is 25.3 Å². The summed E-state index contributed by atoms with van der Waals surface area (Å²) in [5.74, 6) is -19.8. The summed E-state index contributed by atoms with van der Waals surface area (Å²) >= 11 is 8.45. The van der Waals surface area contributed by atoms with Crippen LogP contribution in [0.2, 0.25) is 0 Å². The number of aromatic hydroxyl groups is 1. The molecule has 0 aliphatic carbocycles. The fraction of sp³-hybridized carbons (Fsp3) is 0.487. The number of phenols is 1. The van der Waals surface area contributed by atoms with Gasteiger partial charge in [-0.15, -0.1) is 0 Å². The van der Waals surface area contributed by atoms with E-state index < -0.39 is 243 Å². The van der Waals surface area contributed by atoms with Crippen molar-refractivity contribution in [3.63, 3.8) is 0 Å². The largest absolute Gasteiger partial charge is 0.508 e. The first-order chi connectivity index (χ1) is 55.9. The Morgan fingerprint density at radius 3 is 1.45 bits per heavy atom. The number of benzene rings is 3. The van der Waals surface area contributed by atoms with Crippen LogP contribution in [0.15, 0.2) is 85.2 Å². The predicted molar refractivity (Wildman–Crippen MR) is 429 cm³/mol. The molecule has 118 heavy (non-hydrogen) atoms. The van der Waals surface area contributed by atoms with Gasteiger partial charge in [0.25, 0.3) is 0 Å². The van der Waals surface area contributed by atoms with Gasteiger partial charge in [0.2, 0.25) is 82.7 Å². The molecule has 642 valence electrons. The SMILES string of the molecule is CC(C)C[C@H](NC(=O)[C@H](CO)NC(=O)[C@H](Cc1c[nH]c2ccccc12)NC(=O)[C@H](CS)NC(=O)[C@H](CCC(=O)O)NC(=O)[C@@H](NC(=O)CNC(=O)CNC(=O)[C@H](Cc1ccc(O)cc1)NC(=O)[C@H](CCC(=O)O)NC(=O)CNC(=O)[C@@H]1CCCN1C(=O)[C@H](Cc1c[nH]c2ccccc12)NC(=O)[C@H](CS)NC(=O)[C@@H](N)[C@@H](C)O)C(C)C)C(=O)O. The van der Waals surface area contributed by atoms with Crippen LogP contribution in [0.5, 0.6) is 5.75 Å². The Bertz CT molecular complexity index is 4430. The number of hydrogen-bond donors (Lipinski definition) is 24. The van der Waals surface area contributed by atoms with E-state index in [4.69, 9.17) is 5.73 Å². The van der Waals surface area contributed by atoms with E-state index in [0.717, 1.165) is 0 Å². The maximum absolute atomic E-state index is 14.6. The number of aliphatic carboxylic acids is 3. The standard InChI is InChI=1S/C76H103N17O23S2/c1-37(2)25-53(76(115)116)88-69(108)54(34-94)89-68(107)51(27-41-29-78-46-13-8-6-11-44(41)46)86-70(109)55(35-117)90-67(106)49(21-23-62(102)103)84-74(113)64(38(3)4)92-60(99)32-80-58(97)31-81-65(104)50(26-40-16-18-43(96)19-17-40)85-66(105)48(20-22-61(100)101)83-59(98)33-82-72(111)57-15-10-24-93(57)75(114)52(28-42-30-79-47-14-9-7-12-45(42)47)87-71(110)56(36-118)91-73(112)63(77)39(5)95/h6-9,11-14,16-19,29-30,37-39,48-57,63-64,78-79,94-96,117-118H,10,15,20-28,31-36,77H2,1-5H3,(H,80,97)(H,81,104)(H,82,111)(H,83,98)(H,84,113)(H,85,105)(H,86,109)(H,87,110)(H,88,108)(H,89,107)(H,90,106)(H,91,112)(H,92,99)(H,100,101)(H,102,103)(H,115,116)/t39-,48+,49+,50+,51+,52+,53+,54+,55+,56+,57+,63+,64+/m1/s1. The number of carbonyl (C=O) groups is 17. The normalized spacial score (nSPS) is 15.6. The first-order valence-corrected chi connectivity index (χ1v) is 39.1. The molecular formula is C76H103N17O23S2. The number of aromatic amines is 2. The summed E-state index contributed by atoms with van der Waals surface area (Å²) in [5.41, 5.74) is 8.57. The van der Waals surface area contributed by atoms with E-state index >= 15 is 0 Å². The van der Waals surface area contributed by atoms with E-state index in [-0.39, 0.29) is 56.1 Å². The molecule has 1 aliphatic rings. The van der Waals surface area contributed by atoms with Crippen molar-refractivity contribution in [1.29, 1.82) is 0 Å². The molecule has 23 N–H and O–H groups in total. The molecule has 40 nitrogen and oxygen atoms in total. The number of carbonyl (C=O) groups excluding carboxylic acids is 14. The second-order valence-electron chi connectivity index (χ2n) is 28.9. The Balaban J connectivity index is 1.07. The maximum Gasteiger partial charge on any atom is 0.326 e. The molecule has 0 unspecified atom stereocenters. The van der Waals surface area contributed by atoms with Gasteiger partial charge in [-0.3, -0.25) is 76.7 Å². The lowest BCUT2D eigenvalue weighted by Crippen LogP contribution is -2.61. The van der Waals surface area contributed by atoms with Crippen molar-refractivity contribution in [1.82, 2.24) is 84.0 Å². The Kier molecular flexibility index (Phi) is 37.1.